The van der Waals surface area contributed by atoms with Crippen LogP contribution in [0.5, 0.6) is 0 Å². The standard InChI is InChI=1S/C21H14O2/c22-20(23)21-11-3-5-14(21)12-18-17-8-7-13-4-1-2-6-15(13)16(17)9-10-19(18)21/h1-10,12H,11H2,(H,22,23). The Hall–Kier alpha value is -2.87. The molecule has 2 heteroatoms. The first-order chi connectivity index (χ1) is 11.2. The number of benzene rings is 3. The topological polar surface area (TPSA) is 37.3 Å². The van der Waals surface area contributed by atoms with Crippen LogP contribution in [-0.4, -0.2) is 11.1 Å². The van der Waals surface area contributed by atoms with Crippen LogP contribution in [0.4, 0.5) is 0 Å². The lowest BCUT2D eigenvalue weighted by Crippen LogP contribution is -2.33. The Morgan fingerprint density at radius 1 is 0.957 bits per heavy atom. The maximum absolute atomic E-state index is 12.0. The molecule has 0 amide bonds. The smallest absolute Gasteiger partial charge is 0.318 e. The first-order valence-electron chi connectivity index (χ1n) is 7.79. The van der Waals surface area contributed by atoms with Gasteiger partial charge >= 0.3 is 5.97 Å². The molecule has 1 atom stereocenters. The summed E-state index contributed by atoms with van der Waals surface area (Å²) in [6.45, 7) is 0. The molecule has 0 aliphatic heterocycles. The number of rotatable bonds is 1. The molecule has 1 N–H and O–H groups in total. The van der Waals surface area contributed by atoms with E-state index in [0.29, 0.717) is 6.42 Å². The number of carbonyl (C=O) groups is 1. The van der Waals surface area contributed by atoms with Crippen LogP contribution >= 0.6 is 0 Å². The van der Waals surface area contributed by atoms with Gasteiger partial charge < -0.3 is 5.11 Å². The van der Waals surface area contributed by atoms with Crippen molar-refractivity contribution in [3.63, 3.8) is 0 Å². The average molecular weight is 298 g/mol. The molecule has 110 valence electrons. The van der Waals surface area contributed by atoms with Gasteiger partial charge in [0.25, 0.3) is 0 Å². The molecule has 2 aliphatic rings. The van der Waals surface area contributed by atoms with Crippen molar-refractivity contribution in [3.05, 3.63) is 77.4 Å². The van der Waals surface area contributed by atoms with Gasteiger partial charge in [-0.15, -0.1) is 0 Å². The Labute approximate surface area is 133 Å². The van der Waals surface area contributed by atoms with Gasteiger partial charge in [0.15, 0.2) is 0 Å². The van der Waals surface area contributed by atoms with E-state index in [-0.39, 0.29) is 0 Å². The molecule has 0 bridgehead atoms. The van der Waals surface area contributed by atoms with Gasteiger partial charge in [-0.05, 0) is 50.7 Å². The van der Waals surface area contributed by atoms with Gasteiger partial charge in [0.1, 0.15) is 5.41 Å². The van der Waals surface area contributed by atoms with Crippen LogP contribution in [0, 0.1) is 0 Å². The molecule has 23 heavy (non-hydrogen) atoms. The number of fused-ring (bicyclic) bond motifs is 7. The van der Waals surface area contributed by atoms with E-state index in [1.807, 2.05) is 30.4 Å². The molecule has 2 aliphatic carbocycles. The van der Waals surface area contributed by atoms with Crippen molar-refractivity contribution in [3.8, 4) is 0 Å². The Bertz CT molecular complexity index is 1070. The fourth-order valence-corrected chi connectivity index (χ4v) is 4.18. The maximum atomic E-state index is 12.0. The highest BCUT2D eigenvalue weighted by Crippen LogP contribution is 2.51. The van der Waals surface area contributed by atoms with Crippen LogP contribution in [-0.2, 0) is 10.2 Å². The maximum Gasteiger partial charge on any atom is 0.318 e. The lowest BCUT2D eigenvalue weighted by atomic mass is 9.77. The first-order valence-corrected chi connectivity index (χ1v) is 7.79. The zero-order valence-electron chi connectivity index (χ0n) is 12.4. The Kier molecular flexibility index (Phi) is 2.26. The molecule has 0 saturated carbocycles. The molecule has 0 aromatic heterocycles. The molecule has 2 nitrogen and oxygen atoms in total. The van der Waals surface area contributed by atoms with Gasteiger partial charge in [-0.3, -0.25) is 4.79 Å². The van der Waals surface area contributed by atoms with E-state index in [4.69, 9.17) is 0 Å². The van der Waals surface area contributed by atoms with E-state index in [0.717, 1.165) is 22.1 Å². The van der Waals surface area contributed by atoms with Gasteiger partial charge in [0.2, 0.25) is 0 Å². The third-order valence-electron chi connectivity index (χ3n) is 5.31. The lowest BCUT2D eigenvalue weighted by molar-refractivity contribution is -0.141. The monoisotopic (exact) mass is 298 g/mol. The second kappa shape index (κ2) is 4.11. The van der Waals surface area contributed by atoms with E-state index in [9.17, 15) is 9.90 Å². The summed E-state index contributed by atoms with van der Waals surface area (Å²) in [7, 11) is 0. The van der Waals surface area contributed by atoms with Crippen molar-refractivity contribution in [1.82, 2.24) is 0 Å². The van der Waals surface area contributed by atoms with E-state index in [1.165, 1.54) is 16.2 Å². The van der Waals surface area contributed by atoms with E-state index in [2.05, 4.69) is 36.4 Å². The number of carboxylic acid groups (broad SMARTS) is 1. The Balaban J connectivity index is 1.92. The fraction of sp³-hybridized carbons (Fsp3) is 0.0952. The molecular weight excluding hydrogens is 284 g/mol. The largest absolute Gasteiger partial charge is 0.480 e. The molecule has 0 spiro atoms. The summed E-state index contributed by atoms with van der Waals surface area (Å²) >= 11 is 0. The van der Waals surface area contributed by atoms with Crippen LogP contribution in [0.2, 0.25) is 0 Å². The molecule has 3 aromatic carbocycles. The van der Waals surface area contributed by atoms with Crippen molar-refractivity contribution in [1.29, 1.82) is 0 Å². The fourth-order valence-electron chi connectivity index (χ4n) is 4.18. The third kappa shape index (κ3) is 1.41. The van der Waals surface area contributed by atoms with E-state index < -0.39 is 11.4 Å². The third-order valence-corrected chi connectivity index (χ3v) is 5.31. The first kappa shape index (κ1) is 12.7. The molecule has 0 heterocycles. The minimum atomic E-state index is -0.880. The van der Waals surface area contributed by atoms with Gasteiger partial charge in [0, 0.05) is 0 Å². The molecule has 3 aromatic rings. The van der Waals surface area contributed by atoms with Crippen LogP contribution in [0.1, 0.15) is 17.5 Å². The normalized spacial score (nSPS) is 21.5. The molecular formula is C21H14O2. The van der Waals surface area contributed by atoms with Crippen molar-refractivity contribution < 1.29 is 9.90 Å². The zero-order chi connectivity index (χ0) is 15.6. The Morgan fingerprint density at radius 2 is 1.78 bits per heavy atom. The molecule has 5 rings (SSSR count). The lowest BCUT2D eigenvalue weighted by Gasteiger charge is -2.23. The number of allylic oxidation sites excluding steroid dienone is 2. The predicted octanol–water partition coefficient (Wildman–Crippen LogP) is 4.67. The quantitative estimate of drug-likeness (QED) is 0.663. The van der Waals surface area contributed by atoms with Gasteiger partial charge in [-0.1, -0.05) is 60.7 Å². The highest BCUT2D eigenvalue weighted by Gasteiger charge is 2.49. The summed E-state index contributed by atoms with van der Waals surface area (Å²) in [6.07, 6.45) is 6.53. The zero-order valence-corrected chi connectivity index (χ0v) is 12.4. The summed E-state index contributed by atoms with van der Waals surface area (Å²) in [5, 5.41) is 14.6. The second-order valence-electron chi connectivity index (χ2n) is 6.33. The summed E-state index contributed by atoms with van der Waals surface area (Å²) < 4.78 is 0. The van der Waals surface area contributed by atoms with Crippen molar-refractivity contribution >= 4 is 33.6 Å². The van der Waals surface area contributed by atoms with E-state index >= 15 is 0 Å². The molecule has 1 unspecified atom stereocenters. The van der Waals surface area contributed by atoms with Crippen molar-refractivity contribution in [2.45, 2.75) is 11.8 Å². The van der Waals surface area contributed by atoms with Gasteiger partial charge in [0.05, 0.1) is 0 Å². The van der Waals surface area contributed by atoms with Gasteiger partial charge in [-0.25, -0.2) is 0 Å². The molecule has 0 saturated heterocycles. The minimum absolute atomic E-state index is 0.542. The molecule has 0 fully saturated rings. The number of carboxylic acids is 1. The minimum Gasteiger partial charge on any atom is -0.480 e. The van der Waals surface area contributed by atoms with Crippen LogP contribution < -0.4 is 0 Å². The number of hydrogen-bond acceptors (Lipinski definition) is 1. The van der Waals surface area contributed by atoms with Gasteiger partial charge in [-0.2, -0.15) is 0 Å². The highest BCUT2D eigenvalue weighted by atomic mass is 16.4. The van der Waals surface area contributed by atoms with E-state index in [1.54, 1.807) is 0 Å². The van der Waals surface area contributed by atoms with Crippen LogP contribution in [0.25, 0.3) is 27.6 Å². The molecule has 0 radical (unpaired) electrons. The number of aliphatic carboxylic acids is 1. The van der Waals surface area contributed by atoms with Crippen LogP contribution in [0.15, 0.2) is 66.3 Å². The summed E-state index contributed by atoms with van der Waals surface area (Å²) in [6, 6.07) is 16.6. The second-order valence-corrected chi connectivity index (χ2v) is 6.33. The Morgan fingerprint density at radius 3 is 2.65 bits per heavy atom. The van der Waals surface area contributed by atoms with Crippen LogP contribution in [0.3, 0.4) is 0 Å². The van der Waals surface area contributed by atoms with Crippen molar-refractivity contribution in [2.75, 3.05) is 0 Å². The SMILES string of the molecule is O=C(O)C12CC=CC1=Cc1c2ccc2c1ccc1ccccc12. The average Bonchev–Trinajstić information content (AvgIpc) is 3.11. The summed E-state index contributed by atoms with van der Waals surface area (Å²) in [5.74, 6) is -0.757. The van der Waals surface area contributed by atoms with Crippen molar-refractivity contribution in [2.24, 2.45) is 0 Å². The predicted molar refractivity (Wildman–Crippen MR) is 92.5 cm³/mol. The highest BCUT2D eigenvalue weighted by molar-refractivity contribution is 6.12. The number of hydrogen-bond donors (Lipinski definition) is 1. The summed E-state index contributed by atoms with van der Waals surface area (Å²) in [4.78, 5) is 12.0. The summed E-state index contributed by atoms with van der Waals surface area (Å²) in [5.41, 5.74) is 2.01.